The van der Waals surface area contributed by atoms with Crippen molar-refractivity contribution in [3.63, 3.8) is 0 Å². The zero-order valence-corrected chi connectivity index (χ0v) is 18.7. The van der Waals surface area contributed by atoms with E-state index in [0.717, 1.165) is 51.0 Å². The normalized spacial score (nSPS) is 17.5. The molecule has 0 saturated carbocycles. The molecule has 0 spiro atoms. The molecule has 0 N–H and O–H groups in total. The number of carbonyl (C=O) groups excluding carboxylic acids is 1. The molecule has 3 aromatic carbocycles. The second kappa shape index (κ2) is 9.70. The minimum atomic E-state index is 0.301. The maximum atomic E-state index is 12.8. The number of nitrogens with zero attached hydrogens (tertiary/aromatic N) is 2. The Hall–Kier alpha value is -2.91. The summed E-state index contributed by atoms with van der Waals surface area (Å²) in [6.45, 7) is 3.21. The maximum absolute atomic E-state index is 12.8. The molecule has 3 heteroatoms. The van der Waals surface area contributed by atoms with E-state index in [0.29, 0.717) is 24.3 Å². The largest absolute Gasteiger partial charge is 0.309 e. The van der Waals surface area contributed by atoms with Crippen molar-refractivity contribution in [1.82, 2.24) is 4.90 Å². The number of rotatable bonds is 6. The summed E-state index contributed by atoms with van der Waals surface area (Å²) in [5, 5.41) is 0. The van der Waals surface area contributed by atoms with Gasteiger partial charge in [-0.1, -0.05) is 78.9 Å². The first kappa shape index (κ1) is 21.0. The van der Waals surface area contributed by atoms with Crippen LogP contribution in [0.2, 0.25) is 0 Å². The number of amides is 1. The van der Waals surface area contributed by atoms with Crippen molar-refractivity contribution in [2.24, 2.45) is 0 Å². The summed E-state index contributed by atoms with van der Waals surface area (Å²) < 4.78 is 0. The van der Waals surface area contributed by atoms with Gasteiger partial charge in [0.1, 0.15) is 0 Å². The van der Waals surface area contributed by atoms with Crippen LogP contribution in [0.15, 0.2) is 84.9 Å². The summed E-state index contributed by atoms with van der Waals surface area (Å²) in [4.78, 5) is 17.5. The first-order valence-electron chi connectivity index (χ1n) is 12.0. The van der Waals surface area contributed by atoms with Gasteiger partial charge in [0.05, 0.1) is 0 Å². The third kappa shape index (κ3) is 4.49. The van der Waals surface area contributed by atoms with Crippen LogP contribution >= 0.6 is 0 Å². The van der Waals surface area contributed by atoms with Crippen LogP contribution in [0, 0.1) is 0 Å². The molecule has 0 bridgehead atoms. The minimum absolute atomic E-state index is 0.301. The molecule has 1 saturated heterocycles. The maximum Gasteiger partial charge on any atom is 0.227 e. The molecule has 1 amide bonds. The van der Waals surface area contributed by atoms with E-state index >= 15 is 0 Å². The summed E-state index contributed by atoms with van der Waals surface area (Å²) in [6, 6.07) is 30.6. The Balaban J connectivity index is 1.23. The second-order valence-electron chi connectivity index (χ2n) is 9.13. The molecule has 164 valence electrons. The number of para-hydroxylation sites is 1. The highest BCUT2D eigenvalue weighted by Gasteiger charge is 2.32. The van der Waals surface area contributed by atoms with Crippen molar-refractivity contribution in [3.05, 3.63) is 102 Å². The predicted octanol–water partition coefficient (Wildman–Crippen LogP) is 5.65. The lowest BCUT2D eigenvalue weighted by atomic mass is 9.88. The molecule has 2 aliphatic rings. The summed E-state index contributed by atoms with van der Waals surface area (Å²) in [7, 11) is 0. The van der Waals surface area contributed by atoms with Gasteiger partial charge in [0.25, 0.3) is 0 Å². The highest BCUT2D eigenvalue weighted by Crippen LogP contribution is 2.33. The fraction of sp³-hybridized carbons (Fsp3) is 0.345. The summed E-state index contributed by atoms with van der Waals surface area (Å²) in [5.41, 5.74) is 5.26. The molecule has 5 rings (SSSR count). The lowest BCUT2D eigenvalue weighted by Crippen LogP contribution is -2.49. The zero-order chi connectivity index (χ0) is 21.8. The van der Waals surface area contributed by atoms with E-state index in [1.54, 1.807) is 0 Å². The molecule has 0 aromatic heterocycles. The van der Waals surface area contributed by atoms with Crippen molar-refractivity contribution < 1.29 is 4.79 Å². The van der Waals surface area contributed by atoms with Gasteiger partial charge in [0.2, 0.25) is 5.91 Å². The van der Waals surface area contributed by atoms with Gasteiger partial charge in [-0.2, -0.15) is 0 Å². The van der Waals surface area contributed by atoms with E-state index in [1.165, 1.54) is 16.7 Å². The lowest BCUT2D eigenvalue weighted by molar-refractivity contribution is -0.119. The second-order valence-corrected chi connectivity index (χ2v) is 9.13. The summed E-state index contributed by atoms with van der Waals surface area (Å²) >= 11 is 0. The van der Waals surface area contributed by atoms with Crippen LogP contribution in [0.5, 0.6) is 0 Å². The van der Waals surface area contributed by atoms with E-state index in [2.05, 4.69) is 94.7 Å². The van der Waals surface area contributed by atoms with Crippen LogP contribution < -0.4 is 4.90 Å². The van der Waals surface area contributed by atoms with Crippen LogP contribution in [0.4, 0.5) is 5.69 Å². The van der Waals surface area contributed by atoms with E-state index in [9.17, 15) is 4.79 Å². The standard InChI is InChI=1S/C29H32N2O/c32-29-16-15-25-13-7-8-14-28(25)31(29)26-17-20-30(21-18-26)22-19-27(23-9-3-1-4-10-23)24-11-5-2-6-12-24/h1-14,26-27H,15-22H2. The molecule has 2 aliphatic heterocycles. The third-order valence-electron chi connectivity index (χ3n) is 7.19. The van der Waals surface area contributed by atoms with E-state index in [-0.39, 0.29) is 0 Å². The molecule has 0 radical (unpaired) electrons. The Labute approximate surface area is 191 Å². The molecule has 0 atom stereocenters. The van der Waals surface area contributed by atoms with Gasteiger partial charge in [-0.15, -0.1) is 0 Å². The Morgan fingerprint density at radius 3 is 2.00 bits per heavy atom. The van der Waals surface area contributed by atoms with Gasteiger partial charge in [-0.05, 0) is 55.0 Å². The molecule has 2 heterocycles. The first-order chi connectivity index (χ1) is 15.8. The molecular weight excluding hydrogens is 392 g/mol. The topological polar surface area (TPSA) is 23.6 Å². The summed E-state index contributed by atoms with van der Waals surface area (Å²) in [5.74, 6) is 0.723. The Morgan fingerprint density at radius 2 is 1.34 bits per heavy atom. The average Bonchev–Trinajstić information content (AvgIpc) is 2.86. The number of benzene rings is 3. The molecule has 1 fully saturated rings. The summed E-state index contributed by atoms with van der Waals surface area (Å²) in [6.07, 6.45) is 4.75. The number of hydrogen-bond donors (Lipinski definition) is 0. The molecule has 0 unspecified atom stereocenters. The lowest BCUT2D eigenvalue weighted by Gasteiger charge is -2.41. The molecule has 3 nitrogen and oxygen atoms in total. The smallest absolute Gasteiger partial charge is 0.227 e. The van der Waals surface area contributed by atoms with Crippen LogP contribution in [0.25, 0.3) is 0 Å². The number of carbonyl (C=O) groups is 1. The van der Waals surface area contributed by atoms with Gasteiger partial charge >= 0.3 is 0 Å². The van der Waals surface area contributed by atoms with Crippen molar-refractivity contribution in [2.75, 3.05) is 24.5 Å². The van der Waals surface area contributed by atoms with Crippen molar-refractivity contribution in [3.8, 4) is 0 Å². The van der Waals surface area contributed by atoms with Crippen LogP contribution in [-0.2, 0) is 11.2 Å². The van der Waals surface area contributed by atoms with Gasteiger partial charge in [0, 0.05) is 37.2 Å². The van der Waals surface area contributed by atoms with Gasteiger partial charge in [-0.3, -0.25) is 4.79 Å². The molecule has 3 aromatic rings. The van der Waals surface area contributed by atoms with Crippen molar-refractivity contribution in [1.29, 1.82) is 0 Å². The quantitative estimate of drug-likeness (QED) is 0.510. The number of likely N-dealkylation sites (tertiary alicyclic amines) is 1. The van der Waals surface area contributed by atoms with Crippen LogP contribution in [0.3, 0.4) is 0 Å². The van der Waals surface area contributed by atoms with Crippen LogP contribution in [0.1, 0.15) is 48.3 Å². The molecule has 32 heavy (non-hydrogen) atoms. The van der Waals surface area contributed by atoms with Crippen molar-refractivity contribution >= 4 is 11.6 Å². The highest BCUT2D eigenvalue weighted by molar-refractivity contribution is 5.97. The minimum Gasteiger partial charge on any atom is -0.309 e. The van der Waals surface area contributed by atoms with E-state index < -0.39 is 0 Å². The number of fused-ring (bicyclic) bond motifs is 1. The van der Waals surface area contributed by atoms with Gasteiger partial charge < -0.3 is 9.80 Å². The number of anilines is 1. The number of hydrogen-bond acceptors (Lipinski definition) is 2. The van der Waals surface area contributed by atoms with E-state index in [1.807, 2.05) is 0 Å². The Bertz CT molecular complexity index is 986. The number of aryl methyl sites for hydroxylation is 1. The predicted molar refractivity (Wildman–Crippen MR) is 131 cm³/mol. The Morgan fingerprint density at radius 1 is 0.750 bits per heavy atom. The van der Waals surface area contributed by atoms with E-state index in [4.69, 9.17) is 0 Å². The average molecular weight is 425 g/mol. The monoisotopic (exact) mass is 424 g/mol. The van der Waals surface area contributed by atoms with Gasteiger partial charge in [-0.25, -0.2) is 0 Å². The zero-order valence-electron chi connectivity index (χ0n) is 18.7. The van der Waals surface area contributed by atoms with Crippen molar-refractivity contribution in [2.45, 2.75) is 44.1 Å². The fourth-order valence-corrected chi connectivity index (χ4v) is 5.46. The van der Waals surface area contributed by atoms with Crippen LogP contribution in [-0.4, -0.2) is 36.5 Å². The first-order valence-corrected chi connectivity index (χ1v) is 12.0. The molecular formula is C29H32N2O. The van der Waals surface area contributed by atoms with Gasteiger partial charge in [0.15, 0.2) is 0 Å². The SMILES string of the molecule is O=C1CCc2ccccc2N1C1CCN(CCC(c2ccccc2)c2ccccc2)CC1. The fourth-order valence-electron chi connectivity index (χ4n) is 5.46. The number of piperidine rings is 1. The Kier molecular flexibility index (Phi) is 6.36. The third-order valence-corrected chi connectivity index (χ3v) is 7.19. The highest BCUT2D eigenvalue weighted by atomic mass is 16.2. The molecule has 0 aliphatic carbocycles.